The van der Waals surface area contributed by atoms with Crippen molar-refractivity contribution in [2.24, 2.45) is 0 Å². The Hall–Kier alpha value is -3.41. The number of carbonyl (C=O) groups is 2. The van der Waals surface area contributed by atoms with Gasteiger partial charge in [0.05, 0.1) is 23.7 Å². The van der Waals surface area contributed by atoms with Crippen molar-refractivity contribution >= 4 is 11.8 Å². The summed E-state index contributed by atoms with van der Waals surface area (Å²) in [6, 6.07) is 14.9. The molecule has 1 aromatic heterocycles. The molecule has 28 heavy (non-hydrogen) atoms. The van der Waals surface area contributed by atoms with Crippen molar-refractivity contribution in [1.82, 2.24) is 9.78 Å². The molecule has 2 heterocycles. The van der Waals surface area contributed by atoms with E-state index in [1.807, 2.05) is 43.3 Å². The number of hydrogen-bond donors (Lipinski definition) is 0. The monoisotopic (exact) mass is 376 g/mol. The van der Waals surface area contributed by atoms with Crippen LogP contribution < -0.4 is 4.74 Å². The van der Waals surface area contributed by atoms with E-state index in [1.165, 1.54) is 0 Å². The topological polar surface area (TPSA) is 70.4 Å². The van der Waals surface area contributed by atoms with Crippen LogP contribution in [0.2, 0.25) is 0 Å². The van der Waals surface area contributed by atoms with Gasteiger partial charge in [0.1, 0.15) is 11.3 Å². The Morgan fingerprint density at radius 2 is 1.93 bits per heavy atom. The maximum Gasteiger partial charge on any atom is 0.342 e. The number of nitrogens with zero attached hydrogens (tertiary/aromatic N) is 2. The molecule has 0 bridgehead atoms. The number of aryl methyl sites for hydroxylation is 1. The summed E-state index contributed by atoms with van der Waals surface area (Å²) in [5.41, 5.74) is 4.01. The number of fused-ring (bicyclic) bond motifs is 1. The molecular weight excluding hydrogens is 356 g/mol. The molecule has 4 rings (SSSR count). The highest BCUT2D eigenvalue weighted by Crippen LogP contribution is 2.26. The molecule has 0 unspecified atom stereocenters. The summed E-state index contributed by atoms with van der Waals surface area (Å²) >= 11 is 0. The summed E-state index contributed by atoms with van der Waals surface area (Å²) in [7, 11) is 0. The number of ether oxygens (including phenoxy) is 2. The second-order valence-electron chi connectivity index (χ2n) is 6.71. The lowest BCUT2D eigenvalue weighted by Gasteiger charge is -2.07. The van der Waals surface area contributed by atoms with E-state index in [-0.39, 0.29) is 12.4 Å². The van der Waals surface area contributed by atoms with E-state index in [2.05, 4.69) is 5.10 Å². The number of esters is 1. The third-order valence-electron chi connectivity index (χ3n) is 4.84. The number of carbonyl (C=O) groups excluding carboxylic acids is 2. The molecular formula is C22H20N2O4. The van der Waals surface area contributed by atoms with Crippen LogP contribution in [0.25, 0.3) is 5.69 Å². The van der Waals surface area contributed by atoms with Crippen LogP contribution in [-0.2, 0) is 11.2 Å². The summed E-state index contributed by atoms with van der Waals surface area (Å²) < 4.78 is 12.5. The second-order valence-corrected chi connectivity index (χ2v) is 6.71. The third-order valence-corrected chi connectivity index (χ3v) is 4.84. The van der Waals surface area contributed by atoms with Crippen molar-refractivity contribution in [3.63, 3.8) is 0 Å². The molecule has 1 aliphatic rings. The van der Waals surface area contributed by atoms with Crippen LogP contribution in [0.15, 0.2) is 48.5 Å². The van der Waals surface area contributed by atoms with Gasteiger partial charge in [-0.3, -0.25) is 4.79 Å². The quantitative estimate of drug-likeness (QED) is 0.504. The number of benzene rings is 2. The zero-order valence-corrected chi connectivity index (χ0v) is 15.8. The first-order valence-corrected chi connectivity index (χ1v) is 9.12. The first-order chi connectivity index (χ1) is 13.5. The Morgan fingerprint density at radius 1 is 1.14 bits per heavy atom. The lowest BCUT2D eigenvalue weighted by atomic mass is 10.1. The smallest absolute Gasteiger partial charge is 0.342 e. The standard InChI is InChI=1S/C22H20N2O4/c1-14-21(15(2)24(23-14)18-6-4-3-5-7-18)22(26)28-13-19(25)16-8-9-20-17(12-16)10-11-27-20/h3-9,12H,10-11,13H2,1-2H3. The van der Waals surface area contributed by atoms with Crippen molar-refractivity contribution in [3.05, 3.63) is 76.6 Å². The second kappa shape index (κ2) is 7.31. The molecule has 3 aromatic rings. The molecule has 0 radical (unpaired) electrons. The van der Waals surface area contributed by atoms with E-state index in [9.17, 15) is 9.59 Å². The molecule has 2 aromatic carbocycles. The highest BCUT2D eigenvalue weighted by atomic mass is 16.5. The zero-order valence-electron chi connectivity index (χ0n) is 15.8. The molecule has 0 spiro atoms. The van der Waals surface area contributed by atoms with E-state index < -0.39 is 5.97 Å². The number of para-hydroxylation sites is 1. The fourth-order valence-corrected chi connectivity index (χ4v) is 3.41. The van der Waals surface area contributed by atoms with Gasteiger partial charge in [-0.25, -0.2) is 9.48 Å². The van der Waals surface area contributed by atoms with E-state index >= 15 is 0 Å². The fraction of sp³-hybridized carbons (Fsp3) is 0.227. The molecule has 0 N–H and O–H groups in total. The van der Waals surface area contributed by atoms with Gasteiger partial charge in [-0.15, -0.1) is 0 Å². The Bertz CT molecular complexity index is 1050. The van der Waals surface area contributed by atoms with E-state index in [0.29, 0.717) is 29.1 Å². The normalized spacial score (nSPS) is 12.4. The molecule has 6 heteroatoms. The molecule has 0 aliphatic carbocycles. The number of hydrogen-bond acceptors (Lipinski definition) is 5. The lowest BCUT2D eigenvalue weighted by Crippen LogP contribution is -2.15. The molecule has 0 saturated heterocycles. The zero-order chi connectivity index (χ0) is 19.7. The first-order valence-electron chi connectivity index (χ1n) is 9.12. The van der Waals surface area contributed by atoms with Gasteiger partial charge in [-0.2, -0.15) is 5.10 Å². The van der Waals surface area contributed by atoms with Crippen LogP contribution in [0.3, 0.4) is 0 Å². The first kappa shape index (κ1) is 18.0. The van der Waals surface area contributed by atoms with Crippen LogP contribution in [0.4, 0.5) is 0 Å². The Labute approximate surface area is 162 Å². The highest BCUT2D eigenvalue weighted by molar-refractivity contribution is 6.00. The minimum absolute atomic E-state index is 0.242. The van der Waals surface area contributed by atoms with Crippen LogP contribution in [0.5, 0.6) is 5.75 Å². The average molecular weight is 376 g/mol. The van der Waals surface area contributed by atoms with Gasteiger partial charge in [-0.1, -0.05) is 18.2 Å². The van der Waals surface area contributed by atoms with Crippen molar-refractivity contribution in [1.29, 1.82) is 0 Å². The Morgan fingerprint density at radius 3 is 2.71 bits per heavy atom. The van der Waals surface area contributed by atoms with Gasteiger partial charge >= 0.3 is 5.97 Å². The van der Waals surface area contributed by atoms with E-state index in [1.54, 1.807) is 23.7 Å². The summed E-state index contributed by atoms with van der Waals surface area (Å²) in [6.07, 6.45) is 0.785. The number of aromatic nitrogens is 2. The van der Waals surface area contributed by atoms with Crippen LogP contribution in [0.1, 0.15) is 37.7 Å². The maximum atomic E-state index is 12.6. The molecule has 0 amide bonds. The number of Topliss-reactive ketones (excluding diaryl/α,β-unsaturated/α-hetero) is 1. The van der Waals surface area contributed by atoms with Gasteiger partial charge in [0.2, 0.25) is 0 Å². The number of ketones is 1. The predicted octanol–water partition coefficient (Wildman–Crippen LogP) is 3.46. The SMILES string of the molecule is Cc1nn(-c2ccccc2)c(C)c1C(=O)OCC(=O)c1ccc2c(c1)CCO2. The summed E-state index contributed by atoms with van der Waals surface area (Å²) in [4.78, 5) is 25.0. The Balaban J connectivity index is 1.48. The minimum Gasteiger partial charge on any atom is -0.493 e. The van der Waals surface area contributed by atoms with Crippen LogP contribution in [0, 0.1) is 13.8 Å². The molecule has 0 saturated carbocycles. The van der Waals surface area contributed by atoms with Crippen molar-refractivity contribution < 1.29 is 19.1 Å². The molecule has 142 valence electrons. The maximum absolute atomic E-state index is 12.6. The summed E-state index contributed by atoms with van der Waals surface area (Å²) in [5, 5.41) is 4.44. The number of rotatable bonds is 5. The van der Waals surface area contributed by atoms with Crippen LogP contribution >= 0.6 is 0 Å². The van der Waals surface area contributed by atoms with Gasteiger partial charge < -0.3 is 9.47 Å². The minimum atomic E-state index is -0.546. The average Bonchev–Trinajstić information content (AvgIpc) is 3.29. The summed E-state index contributed by atoms with van der Waals surface area (Å²) in [6.45, 7) is 3.89. The van der Waals surface area contributed by atoms with Gasteiger partial charge in [0.25, 0.3) is 0 Å². The van der Waals surface area contributed by atoms with E-state index in [0.717, 1.165) is 23.4 Å². The van der Waals surface area contributed by atoms with Crippen molar-refractivity contribution in [3.8, 4) is 11.4 Å². The van der Waals surface area contributed by atoms with Crippen molar-refractivity contribution in [2.75, 3.05) is 13.2 Å². The molecule has 0 atom stereocenters. The molecule has 1 aliphatic heterocycles. The largest absolute Gasteiger partial charge is 0.493 e. The lowest BCUT2D eigenvalue weighted by molar-refractivity contribution is 0.0473. The molecule has 0 fully saturated rings. The van der Waals surface area contributed by atoms with Crippen molar-refractivity contribution in [2.45, 2.75) is 20.3 Å². The van der Waals surface area contributed by atoms with E-state index in [4.69, 9.17) is 9.47 Å². The van der Waals surface area contributed by atoms with Crippen LogP contribution in [-0.4, -0.2) is 34.7 Å². The van der Waals surface area contributed by atoms with Gasteiger partial charge in [0, 0.05) is 12.0 Å². The summed E-state index contributed by atoms with van der Waals surface area (Å²) in [5.74, 6) is 0.0250. The van der Waals surface area contributed by atoms with Gasteiger partial charge in [-0.05, 0) is 49.7 Å². The fourth-order valence-electron chi connectivity index (χ4n) is 3.41. The Kier molecular flexibility index (Phi) is 4.69. The highest BCUT2D eigenvalue weighted by Gasteiger charge is 2.22. The molecule has 6 nitrogen and oxygen atoms in total. The predicted molar refractivity (Wildman–Crippen MR) is 103 cm³/mol. The van der Waals surface area contributed by atoms with Gasteiger partial charge in [0.15, 0.2) is 12.4 Å². The third kappa shape index (κ3) is 3.29.